The van der Waals surface area contributed by atoms with Gasteiger partial charge in [0.15, 0.2) is 23.4 Å². The molecule has 0 saturated carbocycles. The standard InChI is InChI=1S/C20H17ClN4O3S/c1-3-8-29-20-23-19-16(24-25-20)12-6-4-5-7-14(12)22-18(28-19)11-9-13(21)17(26)15(10-11)27-2/h3-7,9-10,18,22,26H,1,8H2,2H3/t18-/m0/s1. The van der Waals surface area contributed by atoms with Gasteiger partial charge in [-0.15, -0.1) is 16.8 Å². The molecule has 0 spiro atoms. The maximum absolute atomic E-state index is 10.1. The number of fused-ring (bicyclic) bond motifs is 3. The molecule has 0 radical (unpaired) electrons. The van der Waals surface area contributed by atoms with Gasteiger partial charge in [-0.25, -0.2) is 0 Å². The van der Waals surface area contributed by atoms with E-state index < -0.39 is 6.23 Å². The summed E-state index contributed by atoms with van der Waals surface area (Å²) in [7, 11) is 1.46. The van der Waals surface area contributed by atoms with Crippen molar-refractivity contribution in [1.82, 2.24) is 15.2 Å². The van der Waals surface area contributed by atoms with Crippen LogP contribution >= 0.6 is 23.4 Å². The Morgan fingerprint density at radius 3 is 2.97 bits per heavy atom. The van der Waals surface area contributed by atoms with Gasteiger partial charge >= 0.3 is 0 Å². The van der Waals surface area contributed by atoms with E-state index in [1.54, 1.807) is 18.2 Å². The second-order valence-corrected chi connectivity index (χ2v) is 7.48. The number of phenols is 1. The smallest absolute Gasteiger partial charge is 0.247 e. The fourth-order valence-electron chi connectivity index (χ4n) is 2.89. The SMILES string of the molecule is C=CCSc1nnc2c(n1)O[C@@H](c1cc(Cl)c(O)c(OC)c1)Nc1ccccc1-2. The number of phenolic OH excluding ortho intramolecular Hbond substituents is 1. The van der Waals surface area contributed by atoms with Crippen LogP contribution in [0, 0.1) is 0 Å². The van der Waals surface area contributed by atoms with Crippen molar-refractivity contribution in [3.05, 3.63) is 59.6 Å². The lowest BCUT2D eigenvalue weighted by atomic mass is 10.1. The molecule has 0 amide bonds. The van der Waals surface area contributed by atoms with Crippen molar-refractivity contribution in [2.75, 3.05) is 18.2 Å². The quantitative estimate of drug-likeness (QED) is 0.447. The van der Waals surface area contributed by atoms with Crippen molar-refractivity contribution in [3.8, 4) is 28.6 Å². The van der Waals surface area contributed by atoms with Crippen LogP contribution in [0.25, 0.3) is 11.3 Å². The van der Waals surface area contributed by atoms with E-state index in [2.05, 4.69) is 27.1 Å². The molecule has 1 aliphatic rings. The average Bonchev–Trinajstić information content (AvgIpc) is 2.90. The van der Waals surface area contributed by atoms with Crippen LogP contribution in [-0.4, -0.2) is 33.2 Å². The van der Waals surface area contributed by atoms with Gasteiger partial charge in [-0.2, -0.15) is 4.98 Å². The first-order valence-corrected chi connectivity index (χ1v) is 10.0. The number of nitrogens with zero attached hydrogens (tertiary/aromatic N) is 3. The van der Waals surface area contributed by atoms with Gasteiger partial charge in [-0.1, -0.05) is 47.6 Å². The number of ether oxygens (including phenoxy) is 2. The zero-order valence-corrected chi connectivity index (χ0v) is 17.0. The second-order valence-electron chi connectivity index (χ2n) is 6.09. The first-order chi connectivity index (χ1) is 14.1. The number of methoxy groups -OCH3 is 1. The normalized spacial score (nSPS) is 14.6. The number of aromatic hydroxyl groups is 1. The predicted octanol–water partition coefficient (Wildman–Crippen LogP) is 4.69. The van der Waals surface area contributed by atoms with Crippen LogP contribution in [-0.2, 0) is 0 Å². The third kappa shape index (κ3) is 3.81. The van der Waals surface area contributed by atoms with Crippen molar-refractivity contribution in [3.63, 3.8) is 0 Å². The molecule has 2 heterocycles. The molecule has 1 aromatic heterocycles. The van der Waals surface area contributed by atoms with E-state index in [4.69, 9.17) is 21.1 Å². The molecular formula is C20H17ClN4O3S. The zero-order chi connectivity index (χ0) is 20.4. The molecule has 1 aliphatic heterocycles. The Balaban J connectivity index is 1.82. The highest BCUT2D eigenvalue weighted by Crippen LogP contribution is 2.42. The fourth-order valence-corrected chi connectivity index (χ4v) is 3.63. The van der Waals surface area contributed by atoms with Gasteiger partial charge < -0.3 is 19.9 Å². The number of rotatable bonds is 5. The van der Waals surface area contributed by atoms with Crippen LogP contribution in [0.4, 0.5) is 5.69 Å². The summed E-state index contributed by atoms with van der Waals surface area (Å²) in [5, 5.41) is 22.6. The molecule has 7 nitrogen and oxygen atoms in total. The van der Waals surface area contributed by atoms with Crippen molar-refractivity contribution in [1.29, 1.82) is 0 Å². The Labute approximate surface area is 176 Å². The van der Waals surface area contributed by atoms with Crippen molar-refractivity contribution >= 4 is 29.1 Å². The van der Waals surface area contributed by atoms with Gasteiger partial charge in [0, 0.05) is 22.6 Å². The summed E-state index contributed by atoms with van der Waals surface area (Å²) in [6.07, 6.45) is 1.13. The summed E-state index contributed by atoms with van der Waals surface area (Å²) in [4.78, 5) is 4.53. The fraction of sp³-hybridized carbons (Fsp3) is 0.150. The Morgan fingerprint density at radius 2 is 2.17 bits per heavy atom. The molecule has 3 aromatic rings. The Hall–Kier alpha value is -2.97. The molecule has 29 heavy (non-hydrogen) atoms. The third-order valence-corrected chi connectivity index (χ3v) is 5.36. The highest BCUT2D eigenvalue weighted by molar-refractivity contribution is 7.99. The summed E-state index contributed by atoms with van der Waals surface area (Å²) in [6.45, 7) is 3.71. The molecule has 4 rings (SSSR count). The molecule has 0 unspecified atom stereocenters. The minimum absolute atomic E-state index is 0.126. The maximum Gasteiger partial charge on any atom is 0.247 e. The van der Waals surface area contributed by atoms with Crippen molar-refractivity contribution < 1.29 is 14.6 Å². The molecule has 9 heteroatoms. The van der Waals surface area contributed by atoms with Crippen LogP contribution in [0.2, 0.25) is 5.02 Å². The number of halogens is 1. The van der Waals surface area contributed by atoms with Crippen LogP contribution in [0.3, 0.4) is 0 Å². The van der Waals surface area contributed by atoms with E-state index in [1.165, 1.54) is 18.9 Å². The van der Waals surface area contributed by atoms with Crippen LogP contribution in [0.1, 0.15) is 11.8 Å². The zero-order valence-electron chi connectivity index (χ0n) is 15.4. The molecule has 148 valence electrons. The first-order valence-electron chi connectivity index (χ1n) is 8.68. The number of aromatic nitrogens is 3. The third-order valence-electron chi connectivity index (χ3n) is 4.24. The Bertz CT molecular complexity index is 1080. The second kappa shape index (κ2) is 8.18. The number of benzene rings is 2. The minimum atomic E-state index is -0.640. The van der Waals surface area contributed by atoms with E-state index in [1.807, 2.05) is 24.3 Å². The highest BCUT2D eigenvalue weighted by atomic mass is 35.5. The number of hydrogen-bond donors (Lipinski definition) is 2. The monoisotopic (exact) mass is 428 g/mol. The summed E-state index contributed by atoms with van der Waals surface area (Å²) in [5.74, 6) is 1.12. The largest absolute Gasteiger partial charge is 0.503 e. The van der Waals surface area contributed by atoms with Gasteiger partial charge in [0.25, 0.3) is 0 Å². The summed E-state index contributed by atoms with van der Waals surface area (Å²) < 4.78 is 11.4. The van der Waals surface area contributed by atoms with Gasteiger partial charge in [0.05, 0.1) is 12.1 Å². The lowest BCUT2D eigenvalue weighted by Gasteiger charge is -2.20. The lowest BCUT2D eigenvalue weighted by Crippen LogP contribution is -2.17. The molecule has 0 saturated heterocycles. The number of para-hydroxylation sites is 1. The summed E-state index contributed by atoms with van der Waals surface area (Å²) >= 11 is 7.59. The van der Waals surface area contributed by atoms with E-state index >= 15 is 0 Å². The van der Waals surface area contributed by atoms with Gasteiger partial charge in [0.2, 0.25) is 11.0 Å². The van der Waals surface area contributed by atoms with Crippen LogP contribution in [0.5, 0.6) is 17.4 Å². The highest BCUT2D eigenvalue weighted by Gasteiger charge is 2.27. The maximum atomic E-state index is 10.1. The van der Waals surface area contributed by atoms with E-state index in [0.717, 1.165) is 11.3 Å². The van der Waals surface area contributed by atoms with E-state index in [-0.39, 0.29) is 16.5 Å². The topological polar surface area (TPSA) is 89.4 Å². The molecule has 0 bridgehead atoms. The molecule has 0 fully saturated rings. The summed E-state index contributed by atoms with van der Waals surface area (Å²) in [6, 6.07) is 10.9. The van der Waals surface area contributed by atoms with Crippen LogP contribution in [0.15, 0.2) is 54.2 Å². The summed E-state index contributed by atoms with van der Waals surface area (Å²) in [5.41, 5.74) is 2.82. The molecule has 0 aliphatic carbocycles. The number of nitrogens with one attached hydrogen (secondary N) is 1. The lowest BCUT2D eigenvalue weighted by molar-refractivity contribution is 0.224. The minimum Gasteiger partial charge on any atom is -0.503 e. The number of anilines is 1. The van der Waals surface area contributed by atoms with Crippen molar-refractivity contribution in [2.24, 2.45) is 0 Å². The molecule has 1 atom stereocenters. The van der Waals surface area contributed by atoms with Crippen LogP contribution < -0.4 is 14.8 Å². The number of hydrogen-bond acceptors (Lipinski definition) is 8. The molecule has 2 aromatic carbocycles. The Kier molecular flexibility index (Phi) is 5.46. The van der Waals surface area contributed by atoms with Gasteiger partial charge in [0.1, 0.15) is 0 Å². The van der Waals surface area contributed by atoms with E-state index in [0.29, 0.717) is 28.0 Å². The van der Waals surface area contributed by atoms with E-state index in [9.17, 15) is 5.11 Å². The predicted molar refractivity (Wildman–Crippen MR) is 113 cm³/mol. The van der Waals surface area contributed by atoms with Crippen molar-refractivity contribution in [2.45, 2.75) is 11.4 Å². The Morgan fingerprint density at radius 1 is 1.34 bits per heavy atom. The number of thioether (sulfide) groups is 1. The average molecular weight is 429 g/mol. The molecule has 2 N–H and O–H groups in total. The first kappa shape index (κ1) is 19.4. The van der Waals surface area contributed by atoms with Gasteiger partial charge in [-0.05, 0) is 18.2 Å². The van der Waals surface area contributed by atoms with Gasteiger partial charge in [-0.3, -0.25) is 0 Å². The molecular weight excluding hydrogens is 412 g/mol.